The van der Waals surface area contributed by atoms with E-state index in [4.69, 9.17) is 0 Å². The average Bonchev–Trinajstić information content (AvgIpc) is 2.91. The van der Waals surface area contributed by atoms with Gasteiger partial charge in [-0.2, -0.15) is 5.10 Å². The molecule has 4 nitrogen and oxygen atoms in total. The molecule has 1 rings (SSSR count). The smallest absolute Gasteiger partial charge is 0.138 e. The maximum atomic E-state index is 4.50. The van der Waals surface area contributed by atoms with Crippen LogP contribution in [0.3, 0.4) is 0 Å². The summed E-state index contributed by atoms with van der Waals surface area (Å²) in [6.45, 7) is 11.1. The summed E-state index contributed by atoms with van der Waals surface area (Å²) < 4.78 is 2.08. The molecule has 1 heterocycles. The number of hydrogen-bond donors (Lipinski definition) is 1. The molecule has 0 bridgehead atoms. The van der Waals surface area contributed by atoms with Gasteiger partial charge in [-0.1, -0.05) is 40.5 Å². The van der Waals surface area contributed by atoms with Crippen LogP contribution in [-0.4, -0.2) is 27.4 Å². The van der Waals surface area contributed by atoms with Gasteiger partial charge in [0.1, 0.15) is 12.2 Å². The molecule has 0 aliphatic heterocycles. The van der Waals surface area contributed by atoms with Crippen LogP contribution >= 0.6 is 0 Å². The monoisotopic (exact) mass is 294 g/mol. The summed E-state index contributed by atoms with van der Waals surface area (Å²) in [5.41, 5.74) is 0. The molecule has 1 N–H and O–H groups in total. The summed E-state index contributed by atoms with van der Waals surface area (Å²) in [4.78, 5) is 4.50. The molecule has 0 aliphatic carbocycles. The van der Waals surface area contributed by atoms with Crippen molar-refractivity contribution in [1.29, 1.82) is 0 Å². The number of aromatic nitrogens is 3. The van der Waals surface area contributed by atoms with E-state index >= 15 is 0 Å². The molecule has 0 radical (unpaired) electrons. The Kier molecular flexibility index (Phi) is 9.31. The van der Waals surface area contributed by atoms with Crippen molar-refractivity contribution in [2.24, 2.45) is 5.92 Å². The summed E-state index contributed by atoms with van der Waals surface area (Å²) >= 11 is 0. The van der Waals surface area contributed by atoms with Crippen LogP contribution in [-0.2, 0) is 13.0 Å². The molecule has 0 amide bonds. The van der Waals surface area contributed by atoms with Crippen molar-refractivity contribution in [3.63, 3.8) is 0 Å². The molecule has 0 aromatic carbocycles. The molecule has 0 aliphatic rings. The van der Waals surface area contributed by atoms with Gasteiger partial charge >= 0.3 is 0 Å². The number of nitrogens with zero attached hydrogens (tertiary/aromatic N) is 3. The summed E-state index contributed by atoms with van der Waals surface area (Å²) in [5.74, 6) is 1.89. The quantitative estimate of drug-likeness (QED) is 0.637. The predicted octanol–water partition coefficient (Wildman–Crippen LogP) is 3.82. The van der Waals surface area contributed by atoms with Crippen LogP contribution in [0, 0.1) is 5.92 Å². The lowest BCUT2D eigenvalue weighted by atomic mass is 9.88. The summed E-state index contributed by atoms with van der Waals surface area (Å²) in [7, 11) is 0. The van der Waals surface area contributed by atoms with Gasteiger partial charge in [-0.15, -0.1) is 0 Å². The molecule has 1 aromatic rings. The van der Waals surface area contributed by atoms with E-state index in [2.05, 4.69) is 47.8 Å². The van der Waals surface area contributed by atoms with Gasteiger partial charge < -0.3 is 5.32 Å². The van der Waals surface area contributed by atoms with Crippen molar-refractivity contribution >= 4 is 0 Å². The second kappa shape index (κ2) is 10.8. The Morgan fingerprint density at radius 3 is 2.33 bits per heavy atom. The number of aryl methyl sites for hydroxylation is 1. The second-order valence-corrected chi connectivity index (χ2v) is 6.00. The Hall–Kier alpha value is -0.900. The van der Waals surface area contributed by atoms with E-state index < -0.39 is 0 Å². The van der Waals surface area contributed by atoms with Crippen LogP contribution in [0.2, 0.25) is 0 Å². The van der Waals surface area contributed by atoms with E-state index in [0.717, 1.165) is 37.7 Å². The van der Waals surface area contributed by atoms with Crippen molar-refractivity contribution in [1.82, 2.24) is 20.1 Å². The first-order chi connectivity index (χ1) is 10.3. The number of hydrogen-bond acceptors (Lipinski definition) is 3. The Morgan fingerprint density at radius 2 is 1.76 bits per heavy atom. The molecule has 0 spiro atoms. The van der Waals surface area contributed by atoms with Crippen molar-refractivity contribution in [2.45, 2.75) is 85.2 Å². The fourth-order valence-electron chi connectivity index (χ4n) is 3.06. The average molecular weight is 294 g/mol. The van der Waals surface area contributed by atoms with Crippen LogP contribution in [0.25, 0.3) is 0 Å². The molecular weight excluding hydrogens is 260 g/mol. The summed E-state index contributed by atoms with van der Waals surface area (Å²) in [6, 6.07) is 0.532. The number of nitrogens with one attached hydrogen (secondary N) is 1. The highest BCUT2D eigenvalue weighted by Crippen LogP contribution is 2.20. The third-order valence-electron chi connectivity index (χ3n) is 4.08. The van der Waals surface area contributed by atoms with Crippen molar-refractivity contribution in [3.05, 3.63) is 12.2 Å². The molecule has 0 saturated heterocycles. The Labute approximate surface area is 130 Å². The van der Waals surface area contributed by atoms with Gasteiger partial charge in [-0.05, 0) is 38.1 Å². The third kappa shape index (κ3) is 6.16. The molecular formula is C17H34N4. The van der Waals surface area contributed by atoms with Crippen LogP contribution in [0.15, 0.2) is 6.33 Å². The van der Waals surface area contributed by atoms with Gasteiger partial charge in [0.25, 0.3) is 0 Å². The maximum absolute atomic E-state index is 4.50. The minimum Gasteiger partial charge on any atom is -0.313 e. The van der Waals surface area contributed by atoms with Gasteiger partial charge in [0.15, 0.2) is 0 Å². The standard InChI is InChI=1S/C17H34N4/c1-5-9-15(10-6-2)16(18-11-7-3)13-17-19-14-20-21(17)12-8-4/h14-16,18H,5-13H2,1-4H3. The zero-order valence-corrected chi connectivity index (χ0v) is 14.4. The highest BCUT2D eigenvalue weighted by atomic mass is 15.3. The van der Waals surface area contributed by atoms with Crippen LogP contribution in [0.4, 0.5) is 0 Å². The van der Waals surface area contributed by atoms with Crippen LogP contribution < -0.4 is 5.32 Å². The van der Waals surface area contributed by atoms with E-state index in [1.54, 1.807) is 6.33 Å². The van der Waals surface area contributed by atoms with Crippen molar-refractivity contribution in [2.75, 3.05) is 6.54 Å². The van der Waals surface area contributed by atoms with Gasteiger partial charge in [0.05, 0.1) is 0 Å². The van der Waals surface area contributed by atoms with Crippen molar-refractivity contribution < 1.29 is 0 Å². The largest absolute Gasteiger partial charge is 0.313 e. The SMILES string of the molecule is CCCNC(Cc1ncnn1CCC)C(CCC)CCC. The van der Waals surface area contributed by atoms with Gasteiger partial charge in [-0.25, -0.2) is 4.98 Å². The topological polar surface area (TPSA) is 42.7 Å². The van der Waals surface area contributed by atoms with Crippen molar-refractivity contribution in [3.8, 4) is 0 Å². The predicted molar refractivity (Wildman–Crippen MR) is 89.4 cm³/mol. The Bertz CT molecular complexity index is 355. The Balaban J connectivity index is 2.77. The first-order valence-corrected chi connectivity index (χ1v) is 8.86. The molecule has 0 saturated carbocycles. The first kappa shape index (κ1) is 18.1. The first-order valence-electron chi connectivity index (χ1n) is 8.86. The van der Waals surface area contributed by atoms with E-state index in [9.17, 15) is 0 Å². The van der Waals surface area contributed by atoms with Gasteiger partial charge in [0, 0.05) is 19.0 Å². The fraction of sp³-hybridized carbons (Fsp3) is 0.882. The lowest BCUT2D eigenvalue weighted by Crippen LogP contribution is -2.39. The molecule has 1 unspecified atom stereocenters. The summed E-state index contributed by atoms with van der Waals surface area (Å²) in [6.07, 6.45) is 10.1. The van der Waals surface area contributed by atoms with E-state index in [1.165, 1.54) is 32.1 Å². The maximum Gasteiger partial charge on any atom is 0.138 e. The second-order valence-electron chi connectivity index (χ2n) is 6.00. The summed E-state index contributed by atoms with van der Waals surface area (Å²) in [5, 5.41) is 8.13. The minimum atomic E-state index is 0.532. The molecule has 1 atom stereocenters. The lowest BCUT2D eigenvalue weighted by molar-refractivity contribution is 0.302. The van der Waals surface area contributed by atoms with E-state index in [0.29, 0.717) is 6.04 Å². The Morgan fingerprint density at radius 1 is 1.05 bits per heavy atom. The van der Waals surface area contributed by atoms with Gasteiger partial charge in [0.2, 0.25) is 0 Å². The molecule has 122 valence electrons. The zero-order chi connectivity index (χ0) is 15.5. The molecule has 4 heteroatoms. The third-order valence-corrected chi connectivity index (χ3v) is 4.08. The molecule has 21 heavy (non-hydrogen) atoms. The normalized spacial score (nSPS) is 13.0. The molecule has 0 fully saturated rings. The zero-order valence-electron chi connectivity index (χ0n) is 14.4. The van der Waals surface area contributed by atoms with Gasteiger partial charge in [-0.3, -0.25) is 4.68 Å². The highest BCUT2D eigenvalue weighted by Gasteiger charge is 2.22. The van der Waals surface area contributed by atoms with E-state index in [1.807, 2.05) is 0 Å². The minimum absolute atomic E-state index is 0.532. The highest BCUT2D eigenvalue weighted by molar-refractivity contribution is 4.92. The molecule has 1 aromatic heterocycles. The fourth-order valence-corrected chi connectivity index (χ4v) is 3.06. The van der Waals surface area contributed by atoms with Crippen LogP contribution in [0.5, 0.6) is 0 Å². The van der Waals surface area contributed by atoms with E-state index in [-0.39, 0.29) is 0 Å². The van der Waals surface area contributed by atoms with Crippen LogP contribution in [0.1, 0.15) is 72.0 Å². The lowest BCUT2D eigenvalue weighted by Gasteiger charge is -2.28. The number of rotatable bonds is 12.